The second-order valence-corrected chi connectivity index (χ2v) is 13.1. The van der Waals surface area contributed by atoms with Crippen LogP contribution in [0.3, 0.4) is 0 Å². The van der Waals surface area contributed by atoms with Crippen molar-refractivity contribution < 1.29 is 0 Å². The zero-order chi connectivity index (χ0) is 33.9. The number of aromatic nitrogens is 2. The van der Waals surface area contributed by atoms with Crippen LogP contribution < -0.4 is 0 Å². The van der Waals surface area contributed by atoms with E-state index < -0.39 is 0 Å². The van der Waals surface area contributed by atoms with Gasteiger partial charge in [-0.1, -0.05) is 158 Å². The minimum Gasteiger partial charge on any atom is -0.255 e. The van der Waals surface area contributed by atoms with Gasteiger partial charge in [-0.05, 0) is 75.2 Å². The van der Waals surface area contributed by atoms with Gasteiger partial charge in [0.2, 0.25) is 0 Å². The number of benzene rings is 4. The molecule has 0 saturated heterocycles. The molecule has 2 nitrogen and oxygen atoms in total. The number of pyridine rings is 2. The van der Waals surface area contributed by atoms with Gasteiger partial charge in [0, 0.05) is 44.9 Å². The fourth-order valence-electron chi connectivity index (χ4n) is 7.00. The fraction of sp³-hybridized carbons (Fsp3) is 0.0638. The highest BCUT2D eigenvalue weighted by Crippen LogP contribution is 2.34. The molecule has 3 heteroatoms. The van der Waals surface area contributed by atoms with Gasteiger partial charge in [0.05, 0.1) is 11.0 Å². The average molecular weight is 663 g/mol. The summed E-state index contributed by atoms with van der Waals surface area (Å²) in [5.41, 5.74) is 8.76. The van der Waals surface area contributed by atoms with Crippen molar-refractivity contribution in [3.63, 3.8) is 0 Å². The van der Waals surface area contributed by atoms with E-state index in [0.717, 1.165) is 44.9 Å². The highest BCUT2D eigenvalue weighted by atomic mass is 35.5. The number of nitrogens with zero attached hydrogens (tertiary/aromatic N) is 2. The molecule has 1 unspecified atom stereocenters. The van der Waals surface area contributed by atoms with Crippen molar-refractivity contribution >= 4 is 60.5 Å². The van der Waals surface area contributed by atoms with Crippen LogP contribution in [0, 0.1) is 0 Å². The first-order chi connectivity index (χ1) is 24.6. The van der Waals surface area contributed by atoms with Crippen molar-refractivity contribution in [2.75, 3.05) is 0 Å². The van der Waals surface area contributed by atoms with E-state index in [1.165, 1.54) is 38.3 Å². The molecule has 0 spiro atoms. The van der Waals surface area contributed by atoms with Gasteiger partial charge in [-0.3, -0.25) is 9.97 Å². The second kappa shape index (κ2) is 14.0. The van der Waals surface area contributed by atoms with Crippen LogP contribution in [0.2, 0.25) is 0 Å². The van der Waals surface area contributed by atoms with Gasteiger partial charge >= 0.3 is 0 Å². The molecule has 0 N–H and O–H groups in total. The molecule has 0 aliphatic heterocycles. The number of hydrogen-bond donors (Lipinski definition) is 0. The molecule has 8 rings (SSSR count). The molecule has 2 aliphatic rings. The molecule has 4 aromatic carbocycles. The summed E-state index contributed by atoms with van der Waals surface area (Å²) in [5.74, 6) is 0.111. The van der Waals surface area contributed by atoms with Gasteiger partial charge in [-0.2, -0.15) is 0 Å². The summed E-state index contributed by atoms with van der Waals surface area (Å²) in [6.07, 6.45) is 30.9. The molecule has 0 amide bonds. The largest absolute Gasteiger partial charge is 0.255 e. The molecular weight excluding hydrogens is 628 g/mol. The molecule has 2 aromatic heterocycles. The van der Waals surface area contributed by atoms with Crippen LogP contribution in [0.1, 0.15) is 29.9 Å². The van der Waals surface area contributed by atoms with E-state index in [2.05, 4.69) is 152 Å². The standard InChI is InChI=1S/C47H35ClN2/c1-2-33(42-16-4-3-5-17-43(42)40-28-38-24-22-35-14-9-11-19-45(35)47(38)50-31-40)29-41(48)25-20-32-12-6-7-15-36(26-32)39-27-37-23-21-34-13-8-10-18-44(34)46(37)49-30-39/h2-16,18-19,21-31,36H,1,17,20H2/b33-29+,41-25+. The van der Waals surface area contributed by atoms with Crippen molar-refractivity contribution in [3.8, 4) is 0 Å². The molecule has 0 fully saturated rings. The first kappa shape index (κ1) is 31.4. The lowest BCUT2D eigenvalue weighted by Crippen LogP contribution is -1.95. The Morgan fingerprint density at radius 2 is 1.44 bits per heavy atom. The van der Waals surface area contributed by atoms with Crippen LogP contribution in [0.15, 0.2) is 199 Å². The quantitative estimate of drug-likeness (QED) is 0.126. The van der Waals surface area contributed by atoms with Gasteiger partial charge < -0.3 is 0 Å². The number of rotatable bonds is 7. The van der Waals surface area contributed by atoms with Crippen LogP contribution in [0.5, 0.6) is 0 Å². The number of halogens is 1. The molecule has 50 heavy (non-hydrogen) atoms. The first-order valence-electron chi connectivity index (χ1n) is 17.0. The Hall–Kier alpha value is -5.83. The summed E-state index contributed by atoms with van der Waals surface area (Å²) in [6.45, 7) is 4.18. The van der Waals surface area contributed by atoms with Gasteiger partial charge in [-0.15, -0.1) is 0 Å². The number of allylic oxidation sites excluding steroid dienone is 17. The van der Waals surface area contributed by atoms with Crippen LogP contribution >= 0.6 is 11.6 Å². The van der Waals surface area contributed by atoms with E-state index in [1.54, 1.807) is 0 Å². The molecule has 0 saturated carbocycles. The van der Waals surface area contributed by atoms with Gasteiger partial charge in [-0.25, -0.2) is 0 Å². The summed E-state index contributed by atoms with van der Waals surface area (Å²) in [5, 5.41) is 7.69. The van der Waals surface area contributed by atoms with Gasteiger partial charge in [0.15, 0.2) is 0 Å². The molecule has 6 aromatic rings. The van der Waals surface area contributed by atoms with Crippen molar-refractivity contribution in [3.05, 3.63) is 210 Å². The SMILES string of the molecule is C=C/C(=C\C(Cl)=C/CC1=CC(c2cnc3c(ccc4ccccc43)c2)C=CC=C1)C1=C(c2cnc3c(ccc4ccccc43)c2)CC=CC=C1. The predicted molar refractivity (Wildman–Crippen MR) is 214 cm³/mol. The summed E-state index contributed by atoms with van der Waals surface area (Å²) in [6, 6.07) is 30.0. The number of hydrogen-bond acceptors (Lipinski definition) is 2. The van der Waals surface area contributed by atoms with Crippen molar-refractivity contribution in [1.29, 1.82) is 0 Å². The summed E-state index contributed by atoms with van der Waals surface area (Å²) in [7, 11) is 0. The first-order valence-corrected chi connectivity index (χ1v) is 17.4. The molecule has 0 radical (unpaired) electrons. The Morgan fingerprint density at radius 1 is 0.760 bits per heavy atom. The van der Waals surface area contributed by atoms with E-state index in [-0.39, 0.29) is 5.92 Å². The highest BCUT2D eigenvalue weighted by Gasteiger charge is 2.14. The lowest BCUT2D eigenvalue weighted by Gasteiger charge is -2.14. The minimum atomic E-state index is 0.111. The van der Waals surface area contributed by atoms with E-state index in [1.807, 2.05) is 24.5 Å². The summed E-state index contributed by atoms with van der Waals surface area (Å²) < 4.78 is 0. The monoisotopic (exact) mass is 662 g/mol. The Balaban J connectivity index is 1.08. The van der Waals surface area contributed by atoms with Gasteiger partial charge in [0.25, 0.3) is 0 Å². The molecule has 240 valence electrons. The molecule has 1 atom stereocenters. The third-order valence-corrected chi connectivity index (χ3v) is 9.82. The zero-order valence-electron chi connectivity index (χ0n) is 27.6. The molecule has 2 aliphatic carbocycles. The smallest absolute Gasteiger partial charge is 0.0780 e. The van der Waals surface area contributed by atoms with Crippen LogP contribution in [0.4, 0.5) is 0 Å². The third kappa shape index (κ3) is 6.34. The Kier molecular flexibility index (Phi) is 8.77. The zero-order valence-corrected chi connectivity index (χ0v) is 28.4. The van der Waals surface area contributed by atoms with E-state index in [4.69, 9.17) is 21.6 Å². The Labute approximate surface area is 297 Å². The van der Waals surface area contributed by atoms with Crippen LogP contribution in [0.25, 0.3) is 48.9 Å². The predicted octanol–water partition coefficient (Wildman–Crippen LogP) is 12.8. The van der Waals surface area contributed by atoms with Crippen molar-refractivity contribution in [2.24, 2.45) is 0 Å². The van der Waals surface area contributed by atoms with E-state index >= 15 is 0 Å². The third-order valence-electron chi connectivity index (χ3n) is 9.55. The lowest BCUT2D eigenvalue weighted by molar-refractivity contribution is 1.05. The molecular formula is C47H35ClN2. The Morgan fingerprint density at radius 3 is 2.20 bits per heavy atom. The number of fused-ring (bicyclic) bond motifs is 6. The van der Waals surface area contributed by atoms with E-state index in [9.17, 15) is 0 Å². The Bertz CT molecular complexity index is 2570. The maximum Gasteiger partial charge on any atom is 0.0780 e. The van der Waals surface area contributed by atoms with Crippen molar-refractivity contribution in [2.45, 2.75) is 18.8 Å². The normalized spacial score (nSPS) is 16.7. The maximum absolute atomic E-state index is 6.95. The van der Waals surface area contributed by atoms with Crippen LogP contribution in [-0.2, 0) is 0 Å². The van der Waals surface area contributed by atoms with E-state index in [0.29, 0.717) is 11.5 Å². The van der Waals surface area contributed by atoms with Gasteiger partial charge in [0.1, 0.15) is 0 Å². The summed E-state index contributed by atoms with van der Waals surface area (Å²) >= 11 is 6.95. The minimum absolute atomic E-state index is 0.111. The topological polar surface area (TPSA) is 25.8 Å². The molecule has 0 bridgehead atoms. The summed E-state index contributed by atoms with van der Waals surface area (Å²) in [4.78, 5) is 9.86. The maximum atomic E-state index is 6.95. The highest BCUT2D eigenvalue weighted by molar-refractivity contribution is 6.31. The molecule has 2 heterocycles. The fourth-order valence-corrected chi connectivity index (χ4v) is 7.19. The average Bonchev–Trinajstić information content (AvgIpc) is 3.57. The van der Waals surface area contributed by atoms with Crippen LogP contribution in [-0.4, -0.2) is 9.97 Å². The second-order valence-electron chi connectivity index (χ2n) is 12.7. The van der Waals surface area contributed by atoms with Crippen molar-refractivity contribution in [1.82, 2.24) is 9.97 Å². The lowest BCUT2D eigenvalue weighted by atomic mass is 9.92.